The lowest BCUT2D eigenvalue weighted by Gasteiger charge is -2.00. The highest BCUT2D eigenvalue weighted by atomic mass is 35.5. The van der Waals surface area contributed by atoms with Gasteiger partial charge in [0, 0.05) is 17.1 Å². The third kappa shape index (κ3) is 2.72. The Balaban J connectivity index is 2.07. The molecule has 0 bridgehead atoms. The highest BCUT2D eigenvalue weighted by molar-refractivity contribution is 6.35. The number of hydrogen-bond acceptors (Lipinski definition) is 1. The van der Waals surface area contributed by atoms with Crippen LogP contribution < -0.4 is 0 Å². The molecule has 21 heavy (non-hydrogen) atoms. The number of hydrogen-bond donors (Lipinski definition) is 0. The number of fused-ring (bicyclic) bond motifs is 1. The molecule has 3 rings (SSSR count). The van der Waals surface area contributed by atoms with Crippen LogP contribution >= 0.6 is 11.6 Å². The van der Waals surface area contributed by atoms with Crippen molar-refractivity contribution in [2.24, 2.45) is 0 Å². The van der Waals surface area contributed by atoms with Crippen LogP contribution in [-0.4, -0.2) is 4.98 Å². The molecule has 0 saturated carbocycles. The van der Waals surface area contributed by atoms with Gasteiger partial charge in [-0.05, 0) is 36.4 Å². The quantitative estimate of drug-likeness (QED) is 0.554. The zero-order chi connectivity index (χ0) is 14.8. The van der Waals surface area contributed by atoms with E-state index in [4.69, 9.17) is 11.6 Å². The second kappa shape index (κ2) is 5.51. The Morgan fingerprint density at radius 2 is 1.71 bits per heavy atom. The average Bonchev–Trinajstić information content (AvgIpc) is 2.47. The molecular formula is C17H8ClF2N. The summed E-state index contributed by atoms with van der Waals surface area (Å²) in [7, 11) is 0. The van der Waals surface area contributed by atoms with Crippen LogP contribution in [0.2, 0.25) is 5.02 Å². The fourth-order valence-corrected chi connectivity index (χ4v) is 2.15. The summed E-state index contributed by atoms with van der Waals surface area (Å²) in [5, 5.41) is 1.31. The third-order valence-corrected chi connectivity index (χ3v) is 3.31. The van der Waals surface area contributed by atoms with E-state index in [2.05, 4.69) is 16.8 Å². The summed E-state index contributed by atoms with van der Waals surface area (Å²) in [6, 6.07) is 10.6. The SMILES string of the molecule is Fc1cccc(F)c1C#Cc1ccc2nccc(Cl)c2c1. The number of nitrogens with zero attached hydrogens (tertiary/aromatic N) is 1. The van der Waals surface area contributed by atoms with Gasteiger partial charge in [-0.2, -0.15) is 0 Å². The maximum atomic E-state index is 13.5. The van der Waals surface area contributed by atoms with Crippen molar-refractivity contribution in [3.63, 3.8) is 0 Å². The fraction of sp³-hybridized carbons (Fsp3) is 0. The Labute approximate surface area is 125 Å². The van der Waals surface area contributed by atoms with Crippen LogP contribution in [-0.2, 0) is 0 Å². The van der Waals surface area contributed by atoms with E-state index in [-0.39, 0.29) is 5.56 Å². The zero-order valence-electron chi connectivity index (χ0n) is 10.7. The average molecular weight is 300 g/mol. The minimum Gasteiger partial charge on any atom is -0.256 e. The summed E-state index contributed by atoms with van der Waals surface area (Å²) in [5.74, 6) is 3.91. The molecule has 3 aromatic rings. The Kier molecular flexibility index (Phi) is 3.55. The molecule has 0 aliphatic carbocycles. The van der Waals surface area contributed by atoms with E-state index in [0.717, 1.165) is 10.9 Å². The van der Waals surface area contributed by atoms with Gasteiger partial charge in [-0.25, -0.2) is 8.78 Å². The summed E-state index contributed by atoms with van der Waals surface area (Å²) in [5.41, 5.74) is 1.11. The van der Waals surface area contributed by atoms with Gasteiger partial charge in [0.25, 0.3) is 0 Å². The zero-order valence-corrected chi connectivity index (χ0v) is 11.5. The summed E-state index contributed by atoms with van der Waals surface area (Å²) in [6.07, 6.45) is 1.62. The first-order valence-electron chi connectivity index (χ1n) is 6.15. The topological polar surface area (TPSA) is 12.9 Å². The predicted octanol–water partition coefficient (Wildman–Crippen LogP) is 4.57. The second-order valence-electron chi connectivity index (χ2n) is 4.37. The molecule has 1 aromatic heterocycles. The molecule has 1 heterocycles. The lowest BCUT2D eigenvalue weighted by molar-refractivity contribution is 0.577. The molecule has 2 aromatic carbocycles. The van der Waals surface area contributed by atoms with Crippen LogP contribution in [0.4, 0.5) is 8.78 Å². The van der Waals surface area contributed by atoms with Crippen LogP contribution in [0, 0.1) is 23.5 Å². The van der Waals surface area contributed by atoms with Crippen molar-refractivity contribution in [2.45, 2.75) is 0 Å². The molecule has 0 fully saturated rings. The van der Waals surface area contributed by atoms with Crippen LogP contribution in [0.15, 0.2) is 48.7 Å². The van der Waals surface area contributed by atoms with Gasteiger partial charge >= 0.3 is 0 Å². The largest absolute Gasteiger partial charge is 0.256 e. The smallest absolute Gasteiger partial charge is 0.141 e. The first kappa shape index (κ1) is 13.5. The minimum atomic E-state index is -0.678. The van der Waals surface area contributed by atoms with Crippen molar-refractivity contribution in [3.8, 4) is 11.8 Å². The molecule has 0 spiro atoms. The van der Waals surface area contributed by atoms with Crippen LogP contribution in [0.25, 0.3) is 10.9 Å². The van der Waals surface area contributed by atoms with Crippen molar-refractivity contribution in [3.05, 3.63) is 76.4 Å². The van der Waals surface area contributed by atoms with Gasteiger partial charge in [-0.1, -0.05) is 29.5 Å². The second-order valence-corrected chi connectivity index (χ2v) is 4.78. The van der Waals surface area contributed by atoms with Crippen molar-refractivity contribution >= 4 is 22.5 Å². The summed E-state index contributed by atoms with van der Waals surface area (Å²) in [6.45, 7) is 0. The Bertz CT molecular complexity index is 874. The minimum absolute atomic E-state index is 0.241. The number of halogens is 3. The number of pyridine rings is 1. The fourth-order valence-electron chi connectivity index (χ4n) is 1.94. The van der Waals surface area contributed by atoms with Gasteiger partial charge in [0.2, 0.25) is 0 Å². The van der Waals surface area contributed by atoms with Gasteiger partial charge in [0.05, 0.1) is 16.1 Å². The molecule has 0 amide bonds. The van der Waals surface area contributed by atoms with E-state index in [1.54, 1.807) is 30.5 Å². The number of rotatable bonds is 0. The molecule has 0 N–H and O–H groups in total. The lowest BCUT2D eigenvalue weighted by Crippen LogP contribution is -1.89. The highest BCUT2D eigenvalue weighted by Crippen LogP contribution is 2.22. The number of benzene rings is 2. The molecular weight excluding hydrogens is 292 g/mol. The van der Waals surface area contributed by atoms with Gasteiger partial charge in [-0.3, -0.25) is 4.98 Å². The van der Waals surface area contributed by atoms with E-state index < -0.39 is 11.6 Å². The monoisotopic (exact) mass is 299 g/mol. The molecule has 0 atom stereocenters. The molecule has 0 aliphatic heterocycles. The van der Waals surface area contributed by atoms with Crippen LogP contribution in [0.5, 0.6) is 0 Å². The van der Waals surface area contributed by atoms with Crippen molar-refractivity contribution in [1.29, 1.82) is 0 Å². The first-order chi connectivity index (χ1) is 10.1. The van der Waals surface area contributed by atoms with Gasteiger partial charge in [0.1, 0.15) is 11.6 Å². The summed E-state index contributed by atoms with van der Waals surface area (Å²) in [4.78, 5) is 4.18. The Morgan fingerprint density at radius 3 is 2.48 bits per heavy atom. The maximum Gasteiger partial charge on any atom is 0.141 e. The van der Waals surface area contributed by atoms with E-state index in [0.29, 0.717) is 10.6 Å². The molecule has 102 valence electrons. The van der Waals surface area contributed by atoms with Crippen LogP contribution in [0.1, 0.15) is 11.1 Å². The lowest BCUT2D eigenvalue weighted by atomic mass is 10.1. The molecule has 4 heteroatoms. The van der Waals surface area contributed by atoms with E-state index >= 15 is 0 Å². The third-order valence-electron chi connectivity index (χ3n) is 2.98. The maximum absolute atomic E-state index is 13.5. The number of aromatic nitrogens is 1. The standard InChI is InChI=1S/C17H8ClF2N/c18-14-8-9-21-17-7-5-11(10-13(14)17)4-6-12-15(19)2-1-3-16(12)20/h1-3,5,7-10H. The molecule has 0 radical (unpaired) electrons. The molecule has 1 nitrogen and oxygen atoms in total. The Hall–Kier alpha value is -2.44. The normalized spacial score (nSPS) is 10.2. The van der Waals surface area contributed by atoms with Crippen LogP contribution in [0.3, 0.4) is 0 Å². The van der Waals surface area contributed by atoms with Gasteiger partial charge in [-0.15, -0.1) is 0 Å². The highest BCUT2D eigenvalue weighted by Gasteiger charge is 2.05. The predicted molar refractivity (Wildman–Crippen MR) is 79.1 cm³/mol. The Morgan fingerprint density at radius 1 is 0.952 bits per heavy atom. The molecule has 0 aliphatic rings. The van der Waals surface area contributed by atoms with Crippen molar-refractivity contribution in [1.82, 2.24) is 4.98 Å². The first-order valence-corrected chi connectivity index (χ1v) is 6.53. The summed E-state index contributed by atoms with van der Waals surface area (Å²) >= 11 is 6.09. The molecule has 0 unspecified atom stereocenters. The van der Waals surface area contributed by atoms with Crippen molar-refractivity contribution < 1.29 is 8.78 Å². The van der Waals surface area contributed by atoms with E-state index in [9.17, 15) is 8.78 Å². The van der Waals surface area contributed by atoms with E-state index in [1.807, 2.05) is 0 Å². The van der Waals surface area contributed by atoms with Crippen molar-refractivity contribution in [2.75, 3.05) is 0 Å². The summed E-state index contributed by atoms with van der Waals surface area (Å²) < 4.78 is 27.0. The van der Waals surface area contributed by atoms with Gasteiger partial charge in [0.15, 0.2) is 0 Å². The van der Waals surface area contributed by atoms with E-state index in [1.165, 1.54) is 18.2 Å². The van der Waals surface area contributed by atoms with Gasteiger partial charge < -0.3 is 0 Å². The molecule has 0 saturated heterocycles.